The van der Waals surface area contributed by atoms with Gasteiger partial charge in [0.2, 0.25) is 0 Å². The van der Waals surface area contributed by atoms with Crippen LogP contribution in [0.4, 0.5) is 0 Å². The predicted octanol–water partition coefficient (Wildman–Crippen LogP) is 3.39. The Hall–Kier alpha value is -0.300. The molecule has 2 saturated carbocycles. The number of hydrogen-bond donors (Lipinski definition) is 1. The van der Waals surface area contributed by atoms with E-state index < -0.39 is 0 Å². The third kappa shape index (κ3) is 1.73. The summed E-state index contributed by atoms with van der Waals surface area (Å²) in [5, 5.41) is 9.97. The van der Waals surface area contributed by atoms with Gasteiger partial charge < -0.3 is 5.11 Å². The summed E-state index contributed by atoms with van der Waals surface area (Å²) in [4.78, 5) is 0. The van der Waals surface area contributed by atoms with Crippen molar-refractivity contribution in [2.45, 2.75) is 51.6 Å². The van der Waals surface area contributed by atoms with Crippen LogP contribution in [0.5, 0.6) is 0 Å². The van der Waals surface area contributed by atoms with E-state index in [1.54, 1.807) is 0 Å². The van der Waals surface area contributed by atoms with Crippen LogP contribution in [0.1, 0.15) is 45.4 Å². The Morgan fingerprint density at radius 2 is 2.06 bits per heavy atom. The molecule has 0 aliphatic heterocycles. The monoisotopic (exact) mass is 220 g/mol. The van der Waals surface area contributed by atoms with E-state index in [2.05, 4.69) is 19.1 Å². The maximum absolute atomic E-state index is 9.97. The first-order valence-electron chi connectivity index (χ1n) is 7.12. The van der Waals surface area contributed by atoms with E-state index in [-0.39, 0.29) is 6.10 Å². The second-order valence-corrected chi connectivity index (χ2v) is 6.30. The van der Waals surface area contributed by atoms with Crippen molar-refractivity contribution in [1.29, 1.82) is 0 Å². The molecular formula is C15H24O. The SMILES string of the molecule is CCC1CC=CC1CC1CC2CC(O)C1C2. The lowest BCUT2D eigenvalue weighted by Crippen LogP contribution is -2.26. The molecule has 0 aromatic heterocycles. The number of rotatable bonds is 3. The van der Waals surface area contributed by atoms with Crippen LogP contribution < -0.4 is 0 Å². The minimum absolute atomic E-state index is 0.0363. The molecule has 1 N–H and O–H groups in total. The van der Waals surface area contributed by atoms with E-state index in [0.29, 0.717) is 5.92 Å². The summed E-state index contributed by atoms with van der Waals surface area (Å²) in [6, 6.07) is 0. The van der Waals surface area contributed by atoms with Gasteiger partial charge in [-0.3, -0.25) is 0 Å². The largest absolute Gasteiger partial charge is 0.393 e. The Morgan fingerprint density at radius 3 is 2.75 bits per heavy atom. The van der Waals surface area contributed by atoms with Gasteiger partial charge in [-0.25, -0.2) is 0 Å². The molecule has 2 fully saturated rings. The lowest BCUT2D eigenvalue weighted by atomic mass is 9.77. The van der Waals surface area contributed by atoms with Gasteiger partial charge in [0.15, 0.2) is 0 Å². The highest BCUT2D eigenvalue weighted by Crippen LogP contribution is 2.51. The van der Waals surface area contributed by atoms with Crippen molar-refractivity contribution in [3.8, 4) is 0 Å². The van der Waals surface area contributed by atoms with Crippen molar-refractivity contribution in [2.24, 2.45) is 29.6 Å². The zero-order chi connectivity index (χ0) is 11.1. The molecule has 3 aliphatic rings. The lowest BCUT2D eigenvalue weighted by Gasteiger charge is -2.29. The second kappa shape index (κ2) is 4.18. The van der Waals surface area contributed by atoms with E-state index in [1.165, 1.54) is 32.1 Å². The third-order valence-electron chi connectivity index (χ3n) is 5.44. The Kier molecular flexibility index (Phi) is 2.83. The maximum Gasteiger partial charge on any atom is 0.0573 e. The zero-order valence-corrected chi connectivity index (χ0v) is 10.3. The standard InChI is InChI=1S/C15H24O/c1-2-11-4-3-5-12(11)9-13-6-10-7-14(13)15(16)8-10/h3,5,10-16H,2,4,6-9H2,1H3. The van der Waals surface area contributed by atoms with Crippen molar-refractivity contribution in [3.63, 3.8) is 0 Å². The molecule has 0 saturated heterocycles. The van der Waals surface area contributed by atoms with Crippen molar-refractivity contribution in [1.82, 2.24) is 0 Å². The molecule has 90 valence electrons. The molecule has 2 bridgehead atoms. The van der Waals surface area contributed by atoms with Crippen LogP contribution in [0, 0.1) is 29.6 Å². The van der Waals surface area contributed by atoms with Crippen LogP contribution in [0.15, 0.2) is 12.2 Å². The fourth-order valence-electron chi connectivity index (χ4n) is 4.58. The molecule has 6 unspecified atom stereocenters. The molecule has 1 nitrogen and oxygen atoms in total. The molecule has 6 atom stereocenters. The normalized spacial score (nSPS) is 50.4. The average molecular weight is 220 g/mol. The van der Waals surface area contributed by atoms with Gasteiger partial charge in [-0.05, 0) is 61.7 Å². The van der Waals surface area contributed by atoms with E-state index in [4.69, 9.17) is 0 Å². The molecule has 0 amide bonds. The Bertz CT molecular complexity index is 283. The van der Waals surface area contributed by atoms with Gasteiger partial charge in [-0.15, -0.1) is 0 Å². The molecule has 16 heavy (non-hydrogen) atoms. The predicted molar refractivity (Wildman–Crippen MR) is 66.0 cm³/mol. The lowest BCUT2D eigenvalue weighted by molar-refractivity contribution is 0.0713. The highest BCUT2D eigenvalue weighted by atomic mass is 16.3. The minimum Gasteiger partial charge on any atom is -0.393 e. The molecule has 0 spiro atoms. The van der Waals surface area contributed by atoms with E-state index >= 15 is 0 Å². The number of fused-ring (bicyclic) bond motifs is 2. The maximum atomic E-state index is 9.97. The van der Waals surface area contributed by atoms with Crippen molar-refractivity contribution >= 4 is 0 Å². The van der Waals surface area contributed by atoms with E-state index in [0.717, 1.165) is 30.1 Å². The number of hydrogen-bond acceptors (Lipinski definition) is 1. The smallest absolute Gasteiger partial charge is 0.0573 e. The number of allylic oxidation sites excluding steroid dienone is 2. The number of aliphatic hydroxyl groups excluding tert-OH is 1. The Labute approximate surface area is 98.9 Å². The van der Waals surface area contributed by atoms with Crippen LogP contribution in [0.2, 0.25) is 0 Å². The van der Waals surface area contributed by atoms with Gasteiger partial charge >= 0.3 is 0 Å². The fourth-order valence-corrected chi connectivity index (χ4v) is 4.58. The topological polar surface area (TPSA) is 20.2 Å². The summed E-state index contributed by atoms with van der Waals surface area (Å²) in [6.07, 6.45) is 12.7. The molecule has 0 heterocycles. The highest BCUT2D eigenvalue weighted by Gasteiger charge is 2.46. The first kappa shape index (κ1) is 10.8. The number of aliphatic hydroxyl groups is 1. The van der Waals surface area contributed by atoms with Gasteiger partial charge in [-0.2, -0.15) is 0 Å². The fraction of sp³-hybridized carbons (Fsp3) is 0.867. The summed E-state index contributed by atoms with van der Waals surface area (Å²) < 4.78 is 0. The highest BCUT2D eigenvalue weighted by molar-refractivity contribution is 5.04. The van der Waals surface area contributed by atoms with Crippen LogP contribution in [-0.4, -0.2) is 11.2 Å². The first-order valence-corrected chi connectivity index (χ1v) is 7.12. The van der Waals surface area contributed by atoms with E-state index in [1.807, 2.05) is 0 Å². The molecule has 1 heteroatoms. The molecule has 0 radical (unpaired) electrons. The van der Waals surface area contributed by atoms with Crippen LogP contribution >= 0.6 is 0 Å². The van der Waals surface area contributed by atoms with Gasteiger partial charge in [0.05, 0.1) is 6.10 Å². The zero-order valence-electron chi connectivity index (χ0n) is 10.3. The third-order valence-corrected chi connectivity index (χ3v) is 5.44. The quantitative estimate of drug-likeness (QED) is 0.723. The van der Waals surface area contributed by atoms with E-state index in [9.17, 15) is 5.11 Å². The van der Waals surface area contributed by atoms with Crippen molar-refractivity contribution in [3.05, 3.63) is 12.2 Å². The Morgan fingerprint density at radius 1 is 1.19 bits per heavy atom. The van der Waals surface area contributed by atoms with Crippen LogP contribution in [-0.2, 0) is 0 Å². The Balaban J connectivity index is 1.61. The second-order valence-electron chi connectivity index (χ2n) is 6.30. The van der Waals surface area contributed by atoms with Gasteiger partial charge in [0, 0.05) is 0 Å². The molecule has 0 aromatic carbocycles. The molecular weight excluding hydrogens is 196 g/mol. The summed E-state index contributed by atoms with van der Waals surface area (Å²) in [5.74, 6) is 4.06. The minimum atomic E-state index is 0.0363. The van der Waals surface area contributed by atoms with Crippen LogP contribution in [0.25, 0.3) is 0 Å². The van der Waals surface area contributed by atoms with Gasteiger partial charge in [0.25, 0.3) is 0 Å². The average Bonchev–Trinajstić information content (AvgIpc) is 2.92. The van der Waals surface area contributed by atoms with Crippen molar-refractivity contribution in [2.75, 3.05) is 0 Å². The van der Waals surface area contributed by atoms with Crippen molar-refractivity contribution < 1.29 is 5.11 Å². The molecule has 3 aliphatic carbocycles. The summed E-state index contributed by atoms with van der Waals surface area (Å²) in [7, 11) is 0. The first-order chi connectivity index (χ1) is 7.78. The van der Waals surface area contributed by atoms with Gasteiger partial charge in [0.1, 0.15) is 0 Å². The summed E-state index contributed by atoms with van der Waals surface area (Å²) in [6.45, 7) is 2.32. The summed E-state index contributed by atoms with van der Waals surface area (Å²) in [5.41, 5.74) is 0. The molecule has 0 aromatic rings. The molecule has 3 rings (SSSR count). The summed E-state index contributed by atoms with van der Waals surface area (Å²) >= 11 is 0. The van der Waals surface area contributed by atoms with Crippen LogP contribution in [0.3, 0.4) is 0 Å². The van der Waals surface area contributed by atoms with Gasteiger partial charge in [-0.1, -0.05) is 25.5 Å².